The Bertz CT molecular complexity index is 501. The van der Waals surface area contributed by atoms with Gasteiger partial charge in [0.25, 0.3) is 0 Å². The molecule has 0 aliphatic heterocycles. The molecule has 0 unspecified atom stereocenters. The summed E-state index contributed by atoms with van der Waals surface area (Å²) in [6, 6.07) is 6.07. The molecule has 1 heterocycles. The van der Waals surface area contributed by atoms with Gasteiger partial charge in [0.05, 0.1) is 11.0 Å². The number of rotatable bonds is 4. The lowest BCUT2D eigenvalue weighted by Crippen LogP contribution is -1.99. The second kappa shape index (κ2) is 4.66. The number of aromatic nitrogens is 2. The summed E-state index contributed by atoms with van der Waals surface area (Å²) in [4.78, 5) is 16.5. The van der Waals surface area contributed by atoms with Crippen molar-refractivity contribution in [2.75, 3.05) is 5.33 Å². The van der Waals surface area contributed by atoms with Crippen molar-refractivity contribution in [2.45, 2.75) is 19.3 Å². The van der Waals surface area contributed by atoms with E-state index < -0.39 is 0 Å². The van der Waals surface area contributed by atoms with Crippen molar-refractivity contribution in [3.63, 3.8) is 0 Å². The van der Waals surface area contributed by atoms with Gasteiger partial charge in [0.2, 0.25) is 0 Å². The highest BCUT2D eigenvalue weighted by atomic mass is 79.9. The molecule has 0 fully saturated rings. The van der Waals surface area contributed by atoms with Gasteiger partial charge in [-0.3, -0.25) is 0 Å². The topological polar surface area (TPSA) is 48.6 Å². The zero-order chi connectivity index (χ0) is 10.7. The lowest BCUT2D eigenvalue weighted by Gasteiger charge is -1.99. The van der Waals surface area contributed by atoms with Crippen molar-refractivity contribution < 1.29 is 0 Å². The minimum Gasteiger partial charge on any atom is -0.306 e. The van der Waals surface area contributed by atoms with Crippen molar-refractivity contribution in [1.82, 2.24) is 9.97 Å². The molecule has 2 N–H and O–H groups in total. The van der Waals surface area contributed by atoms with E-state index >= 15 is 0 Å². The van der Waals surface area contributed by atoms with Gasteiger partial charge in [0.15, 0.2) is 0 Å². The number of nitrogens with one attached hydrogen (secondary N) is 2. The number of halogens is 1. The van der Waals surface area contributed by atoms with Gasteiger partial charge < -0.3 is 9.97 Å². The van der Waals surface area contributed by atoms with Crippen LogP contribution in [0.2, 0.25) is 0 Å². The van der Waals surface area contributed by atoms with E-state index in [1.54, 1.807) is 0 Å². The Morgan fingerprint density at radius 3 is 2.73 bits per heavy atom. The number of H-pyrrole nitrogens is 2. The average molecular weight is 269 g/mol. The predicted octanol–water partition coefficient (Wildman–Crippen LogP) is 2.57. The van der Waals surface area contributed by atoms with E-state index in [-0.39, 0.29) is 5.69 Å². The Hall–Kier alpha value is -1.03. The number of aryl methyl sites for hydroxylation is 1. The molecule has 0 atom stereocenters. The molecule has 0 spiro atoms. The van der Waals surface area contributed by atoms with E-state index in [0.717, 1.165) is 22.8 Å². The first-order valence-electron chi connectivity index (χ1n) is 5.06. The van der Waals surface area contributed by atoms with Crippen molar-refractivity contribution >= 4 is 27.0 Å². The summed E-state index contributed by atoms with van der Waals surface area (Å²) in [5.41, 5.74) is 2.92. The molecule has 0 aliphatic rings. The van der Waals surface area contributed by atoms with Crippen LogP contribution in [-0.2, 0) is 6.42 Å². The third kappa shape index (κ3) is 2.50. The van der Waals surface area contributed by atoms with Crippen molar-refractivity contribution in [2.24, 2.45) is 0 Å². The van der Waals surface area contributed by atoms with Crippen LogP contribution in [0.25, 0.3) is 11.0 Å². The Morgan fingerprint density at radius 2 is 1.93 bits per heavy atom. The lowest BCUT2D eigenvalue weighted by molar-refractivity contribution is 0.806. The number of benzene rings is 1. The Kier molecular flexibility index (Phi) is 3.26. The quantitative estimate of drug-likeness (QED) is 0.650. The number of hydrogen-bond acceptors (Lipinski definition) is 1. The van der Waals surface area contributed by atoms with Crippen molar-refractivity contribution in [3.05, 3.63) is 34.2 Å². The molecular weight excluding hydrogens is 256 g/mol. The van der Waals surface area contributed by atoms with E-state index in [1.807, 2.05) is 12.1 Å². The van der Waals surface area contributed by atoms with E-state index in [4.69, 9.17) is 0 Å². The largest absolute Gasteiger partial charge is 0.323 e. The number of aromatic amines is 2. The fourth-order valence-electron chi connectivity index (χ4n) is 1.66. The summed E-state index contributed by atoms with van der Waals surface area (Å²) >= 11 is 3.41. The standard InChI is InChI=1S/C11H13BrN2O/c12-6-2-1-3-8-4-5-9-10(7-8)14-11(15)13-9/h4-5,7H,1-3,6H2,(H2,13,14,15). The van der Waals surface area contributed by atoms with Gasteiger partial charge in [0.1, 0.15) is 0 Å². The Balaban J connectivity index is 2.19. The van der Waals surface area contributed by atoms with E-state index in [0.29, 0.717) is 0 Å². The molecule has 2 rings (SSSR count). The Morgan fingerprint density at radius 1 is 1.13 bits per heavy atom. The first kappa shape index (κ1) is 10.5. The van der Waals surface area contributed by atoms with E-state index in [9.17, 15) is 4.79 Å². The molecule has 4 heteroatoms. The molecule has 0 radical (unpaired) electrons. The SMILES string of the molecule is O=c1[nH]c2ccc(CCCCBr)cc2[nH]1. The highest BCUT2D eigenvalue weighted by Crippen LogP contribution is 2.12. The van der Waals surface area contributed by atoms with Gasteiger partial charge in [-0.05, 0) is 37.0 Å². The van der Waals surface area contributed by atoms with Gasteiger partial charge in [-0.1, -0.05) is 22.0 Å². The third-order valence-corrected chi connectivity index (χ3v) is 2.99. The van der Waals surface area contributed by atoms with Crippen LogP contribution >= 0.6 is 15.9 Å². The molecule has 3 nitrogen and oxygen atoms in total. The molecule has 0 saturated heterocycles. The first-order valence-corrected chi connectivity index (χ1v) is 6.18. The van der Waals surface area contributed by atoms with Crippen molar-refractivity contribution in [1.29, 1.82) is 0 Å². The number of fused-ring (bicyclic) bond motifs is 1. The molecule has 0 bridgehead atoms. The summed E-state index contributed by atoms with van der Waals surface area (Å²) in [6.07, 6.45) is 3.42. The van der Waals surface area contributed by atoms with E-state index in [1.165, 1.54) is 18.4 Å². The molecule has 0 aliphatic carbocycles. The lowest BCUT2D eigenvalue weighted by atomic mass is 10.1. The van der Waals surface area contributed by atoms with Gasteiger partial charge in [-0.25, -0.2) is 4.79 Å². The van der Waals surface area contributed by atoms with Crippen LogP contribution in [0.1, 0.15) is 18.4 Å². The van der Waals surface area contributed by atoms with Crippen LogP contribution in [0.5, 0.6) is 0 Å². The molecule has 0 amide bonds. The summed E-state index contributed by atoms with van der Waals surface area (Å²) in [5, 5.41) is 1.05. The molecule has 80 valence electrons. The average Bonchev–Trinajstić information content (AvgIpc) is 2.57. The van der Waals surface area contributed by atoms with E-state index in [2.05, 4.69) is 32.0 Å². The van der Waals surface area contributed by atoms with Crippen LogP contribution in [0.4, 0.5) is 0 Å². The maximum absolute atomic E-state index is 11.0. The molecule has 0 saturated carbocycles. The van der Waals surface area contributed by atoms with Gasteiger partial charge in [-0.15, -0.1) is 0 Å². The maximum atomic E-state index is 11.0. The smallest absolute Gasteiger partial charge is 0.306 e. The summed E-state index contributed by atoms with van der Waals surface area (Å²) in [6.45, 7) is 0. The monoisotopic (exact) mass is 268 g/mol. The maximum Gasteiger partial charge on any atom is 0.323 e. The number of alkyl halides is 1. The van der Waals surface area contributed by atoms with Gasteiger partial charge in [0, 0.05) is 5.33 Å². The highest BCUT2D eigenvalue weighted by Gasteiger charge is 1.99. The second-order valence-electron chi connectivity index (χ2n) is 3.61. The van der Waals surface area contributed by atoms with Crippen LogP contribution < -0.4 is 5.69 Å². The molecule has 1 aromatic heterocycles. The van der Waals surface area contributed by atoms with Crippen LogP contribution in [0, 0.1) is 0 Å². The molecule has 15 heavy (non-hydrogen) atoms. The van der Waals surface area contributed by atoms with Crippen molar-refractivity contribution in [3.8, 4) is 0 Å². The second-order valence-corrected chi connectivity index (χ2v) is 4.40. The zero-order valence-corrected chi connectivity index (χ0v) is 9.93. The number of imidazole rings is 1. The predicted molar refractivity (Wildman–Crippen MR) is 65.7 cm³/mol. The number of hydrogen-bond donors (Lipinski definition) is 2. The summed E-state index contributed by atoms with van der Waals surface area (Å²) in [5.74, 6) is 0. The third-order valence-electron chi connectivity index (χ3n) is 2.43. The fraction of sp³-hybridized carbons (Fsp3) is 0.364. The zero-order valence-electron chi connectivity index (χ0n) is 8.35. The van der Waals surface area contributed by atoms with Crippen LogP contribution in [0.3, 0.4) is 0 Å². The summed E-state index contributed by atoms with van der Waals surface area (Å²) in [7, 11) is 0. The fourth-order valence-corrected chi connectivity index (χ4v) is 2.06. The van der Waals surface area contributed by atoms with Crippen LogP contribution in [0.15, 0.2) is 23.0 Å². The number of unbranched alkanes of at least 4 members (excludes halogenated alkanes) is 1. The summed E-state index contributed by atoms with van der Waals surface area (Å²) < 4.78 is 0. The first-order chi connectivity index (χ1) is 7.29. The molecule has 2 aromatic rings. The van der Waals surface area contributed by atoms with Gasteiger partial charge in [-0.2, -0.15) is 0 Å². The molecular formula is C11H13BrN2O. The molecule has 1 aromatic carbocycles. The normalized spacial score (nSPS) is 11.0. The Labute approximate surface area is 96.0 Å². The van der Waals surface area contributed by atoms with Crippen LogP contribution in [-0.4, -0.2) is 15.3 Å². The minimum atomic E-state index is -0.136. The minimum absolute atomic E-state index is 0.136. The highest BCUT2D eigenvalue weighted by molar-refractivity contribution is 9.09. The van der Waals surface area contributed by atoms with Gasteiger partial charge >= 0.3 is 5.69 Å².